The Morgan fingerprint density at radius 1 is 1.00 bits per heavy atom. The van der Waals surface area contributed by atoms with Crippen molar-refractivity contribution in [2.75, 3.05) is 6.54 Å². The van der Waals surface area contributed by atoms with Gasteiger partial charge in [0.25, 0.3) is 0 Å². The van der Waals surface area contributed by atoms with Crippen LogP contribution in [0.4, 0.5) is 0 Å². The maximum absolute atomic E-state index is 3.55. The van der Waals surface area contributed by atoms with Crippen molar-refractivity contribution in [3.63, 3.8) is 0 Å². The van der Waals surface area contributed by atoms with Gasteiger partial charge in [0.15, 0.2) is 0 Å². The van der Waals surface area contributed by atoms with Crippen LogP contribution < -0.4 is 5.32 Å². The molecule has 0 unspecified atom stereocenters. The predicted octanol–water partition coefficient (Wildman–Crippen LogP) is 4.34. The first-order chi connectivity index (χ1) is 8.75. The van der Waals surface area contributed by atoms with Crippen LogP contribution in [0.5, 0.6) is 0 Å². The van der Waals surface area contributed by atoms with Gasteiger partial charge in [-0.05, 0) is 43.1 Å². The summed E-state index contributed by atoms with van der Waals surface area (Å²) in [5.41, 5.74) is 2.71. The molecule has 0 heterocycles. The summed E-state index contributed by atoms with van der Waals surface area (Å²) in [6, 6.07) is 19.5. The lowest BCUT2D eigenvalue weighted by atomic mass is 10.1. The van der Waals surface area contributed by atoms with Gasteiger partial charge in [0.05, 0.1) is 0 Å². The molecule has 1 atom stereocenters. The van der Waals surface area contributed by atoms with E-state index in [4.69, 9.17) is 0 Å². The summed E-state index contributed by atoms with van der Waals surface area (Å²) in [5, 5.41) is 3.55. The smallest absolute Gasteiger partial charge is 0.0291 e. The number of benzene rings is 2. The van der Waals surface area contributed by atoms with Crippen LogP contribution in [0.15, 0.2) is 59.1 Å². The third kappa shape index (κ3) is 3.97. The van der Waals surface area contributed by atoms with Crippen LogP contribution >= 0.6 is 15.9 Å². The summed E-state index contributed by atoms with van der Waals surface area (Å²) >= 11 is 3.46. The minimum absolute atomic E-state index is 0.391. The third-order valence-electron chi connectivity index (χ3n) is 3.08. The Labute approximate surface area is 117 Å². The van der Waals surface area contributed by atoms with Crippen LogP contribution in [-0.2, 0) is 6.42 Å². The Morgan fingerprint density at radius 3 is 2.33 bits per heavy atom. The average molecular weight is 304 g/mol. The highest BCUT2D eigenvalue weighted by Gasteiger charge is 2.03. The van der Waals surface area contributed by atoms with Gasteiger partial charge in [0.2, 0.25) is 0 Å². The van der Waals surface area contributed by atoms with E-state index in [9.17, 15) is 0 Å². The quantitative estimate of drug-likeness (QED) is 0.866. The van der Waals surface area contributed by atoms with E-state index in [0.29, 0.717) is 6.04 Å². The van der Waals surface area contributed by atoms with E-state index in [1.54, 1.807) is 0 Å². The number of hydrogen-bond acceptors (Lipinski definition) is 1. The molecule has 0 fully saturated rings. The number of halogens is 1. The molecule has 18 heavy (non-hydrogen) atoms. The number of hydrogen-bond donors (Lipinski definition) is 1. The van der Waals surface area contributed by atoms with E-state index in [-0.39, 0.29) is 0 Å². The van der Waals surface area contributed by atoms with Gasteiger partial charge in [-0.2, -0.15) is 0 Å². The lowest BCUT2D eigenvalue weighted by molar-refractivity contribution is 0.577. The lowest BCUT2D eigenvalue weighted by Crippen LogP contribution is -2.21. The van der Waals surface area contributed by atoms with E-state index < -0.39 is 0 Å². The van der Waals surface area contributed by atoms with Gasteiger partial charge in [0, 0.05) is 10.5 Å². The summed E-state index contributed by atoms with van der Waals surface area (Å²) in [5.74, 6) is 0. The second-order valence-electron chi connectivity index (χ2n) is 4.46. The SMILES string of the molecule is C[C@@H](NCCc1ccccc1)c1ccc(Br)cc1. The molecule has 0 aliphatic rings. The van der Waals surface area contributed by atoms with E-state index in [1.807, 2.05) is 0 Å². The summed E-state index contributed by atoms with van der Waals surface area (Å²) in [6.45, 7) is 3.20. The van der Waals surface area contributed by atoms with Crippen LogP contribution in [0.25, 0.3) is 0 Å². The molecule has 2 aromatic carbocycles. The van der Waals surface area contributed by atoms with E-state index >= 15 is 0 Å². The van der Waals surface area contributed by atoms with Gasteiger partial charge in [-0.3, -0.25) is 0 Å². The van der Waals surface area contributed by atoms with Crippen molar-refractivity contribution >= 4 is 15.9 Å². The van der Waals surface area contributed by atoms with E-state index in [0.717, 1.165) is 17.4 Å². The molecule has 2 rings (SSSR count). The highest BCUT2D eigenvalue weighted by atomic mass is 79.9. The molecule has 0 radical (unpaired) electrons. The first-order valence-corrected chi connectivity index (χ1v) is 7.08. The molecule has 0 spiro atoms. The first-order valence-electron chi connectivity index (χ1n) is 6.28. The summed E-state index contributed by atoms with van der Waals surface area (Å²) in [6.07, 6.45) is 1.07. The average Bonchev–Trinajstić information content (AvgIpc) is 2.40. The molecular formula is C16H18BrN. The monoisotopic (exact) mass is 303 g/mol. The summed E-state index contributed by atoms with van der Waals surface area (Å²) in [7, 11) is 0. The van der Waals surface area contributed by atoms with Gasteiger partial charge < -0.3 is 5.32 Å². The van der Waals surface area contributed by atoms with Crippen molar-refractivity contribution in [3.05, 3.63) is 70.2 Å². The van der Waals surface area contributed by atoms with Gasteiger partial charge in [0.1, 0.15) is 0 Å². The highest BCUT2D eigenvalue weighted by molar-refractivity contribution is 9.10. The van der Waals surface area contributed by atoms with Crippen LogP contribution in [0.1, 0.15) is 24.1 Å². The van der Waals surface area contributed by atoms with Gasteiger partial charge >= 0.3 is 0 Å². The molecule has 2 heteroatoms. The number of rotatable bonds is 5. The Balaban J connectivity index is 1.81. The molecule has 0 aliphatic carbocycles. The topological polar surface area (TPSA) is 12.0 Å². The fraction of sp³-hybridized carbons (Fsp3) is 0.250. The Bertz CT molecular complexity index is 464. The zero-order valence-electron chi connectivity index (χ0n) is 10.6. The van der Waals surface area contributed by atoms with Crippen LogP contribution in [0, 0.1) is 0 Å². The minimum atomic E-state index is 0.391. The second kappa shape index (κ2) is 6.72. The molecule has 0 saturated carbocycles. The maximum Gasteiger partial charge on any atom is 0.0291 e. The van der Waals surface area contributed by atoms with E-state index in [1.165, 1.54) is 11.1 Å². The zero-order chi connectivity index (χ0) is 12.8. The fourth-order valence-electron chi connectivity index (χ4n) is 1.95. The molecular weight excluding hydrogens is 286 g/mol. The Morgan fingerprint density at radius 2 is 1.67 bits per heavy atom. The van der Waals surface area contributed by atoms with Crippen LogP contribution in [0.2, 0.25) is 0 Å². The predicted molar refractivity (Wildman–Crippen MR) is 80.7 cm³/mol. The van der Waals surface area contributed by atoms with Crippen molar-refractivity contribution in [3.8, 4) is 0 Å². The minimum Gasteiger partial charge on any atom is -0.310 e. The standard InChI is InChI=1S/C16H18BrN/c1-13(15-7-9-16(17)10-8-15)18-12-11-14-5-3-2-4-6-14/h2-10,13,18H,11-12H2,1H3/t13-/m1/s1. The van der Waals surface area contributed by atoms with Crippen molar-refractivity contribution in [2.45, 2.75) is 19.4 Å². The van der Waals surface area contributed by atoms with Gasteiger partial charge in [-0.25, -0.2) is 0 Å². The molecule has 0 aliphatic heterocycles. The third-order valence-corrected chi connectivity index (χ3v) is 3.61. The maximum atomic E-state index is 3.55. The van der Waals surface area contributed by atoms with Gasteiger partial charge in [-0.1, -0.05) is 58.4 Å². The second-order valence-corrected chi connectivity index (χ2v) is 5.38. The first kappa shape index (κ1) is 13.3. The van der Waals surface area contributed by atoms with Crippen molar-refractivity contribution in [1.82, 2.24) is 5.32 Å². The van der Waals surface area contributed by atoms with Crippen LogP contribution in [-0.4, -0.2) is 6.54 Å². The normalized spacial score (nSPS) is 12.3. The highest BCUT2D eigenvalue weighted by Crippen LogP contribution is 2.16. The largest absolute Gasteiger partial charge is 0.310 e. The molecule has 2 aromatic rings. The molecule has 1 nitrogen and oxygen atoms in total. The Hall–Kier alpha value is -1.12. The molecule has 0 amide bonds. The van der Waals surface area contributed by atoms with Crippen molar-refractivity contribution in [1.29, 1.82) is 0 Å². The molecule has 0 saturated heterocycles. The van der Waals surface area contributed by atoms with Crippen molar-refractivity contribution in [2.24, 2.45) is 0 Å². The summed E-state index contributed by atoms with van der Waals surface area (Å²) in [4.78, 5) is 0. The number of nitrogens with one attached hydrogen (secondary N) is 1. The molecule has 0 bridgehead atoms. The molecule has 94 valence electrons. The molecule has 1 N–H and O–H groups in total. The zero-order valence-corrected chi connectivity index (χ0v) is 12.2. The van der Waals surface area contributed by atoms with Gasteiger partial charge in [-0.15, -0.1) is 0 Å². The Kier molecular flexibility index (Phi) is 4.97. The summed E-state index contributed by atoms with van der Waals surface area (Å²) < 4.78 is 1.13. The van der Waals surface area contributed by atoms with Crippen LogP contribution in [0.3, 0.4) is 0 Å². The lowest BCUT2D eigenvalue weighted by Gasteiger charge is -2.14. The molecule has 0 aromatic heterocycles. The fourth-order valence-corrected chi connectivity index (χ4v) is 2.21. The van der Waals surface area contributed by atoms with Crippen molar-refractivity contribution < 1.29 is 0 Å². The van der Waals surface area contributed by atoms with E-state index in [2.05, 4.69) is 82.8 Å².